The number of methoxy groups -OCH3 is 1. The molecule has 0 aliphatic rings. The third-order valence-electron chi connectivity index (χ3n) is 4.79. The molecular formula is C22H15F2NO6S2. The first kappa shape index (κ1) is 22.5. The molecule has 0 saturated heterocycles. The van der Waals surface area contributed by atoms with Crippen LogP contribution in [0.5, 0.6) is 11.5 Å². The predicted molar refractivity (Wildman–Crippen MR) is 120 cm³/mol. The molecular weight excluding hydrogens is 476 g/mol. The van der Waals surface area contributed by atoms with Crippen molar-refractivity contribution in [2.24, 2.45) is 0 Å². The lowest BCUT2D eigenvalue weighted by Gasteiger charge is -2.15. The molecule has 3 N–H and O–H groups in total. The molecule has 3 aromatic carbocycles. The number of thiophene rings is 1. The molecule has 0 aliphatic heterocycles. The van der Waals surface area contributed by atoms with Crippen LogP contribution in [-0.2, 0) is 10.0 Å². The second-order valence-electron chi connectivity index (χ2n) is 6.90. The van der Waals surface area contributed by atoms with Crippen molar-refractivity contribution in [3.63, 3.8) is 0 Å². The van der Waals surface area contributed by atoms with Gasteiger partial charge in [-0.3, -0.25) is 4.72 Å². The highest BCUT2D eigenvalue weighted by Gasteiger charge is 2.26. The molecule has 4 rings (SSSR count). The number of sulfonamides is 1. The van der Waals surface area contributed by atoms with Crippen molar-refractivity contribution in [2.45, 2.75) is 4.90 Å². The fourth-order valence-electron chi connectivity index (χ4n) is 3.21. The van der Waals surface area contributed by atoms with Crippen LogP contribution in [0, 0.1) is 11.6 Å². The number of hydrogen-bond donors (Lipinski definition) is 3. The van der Waals surface area contributed by atoms with Crippen molar-refractivity contribution in [2.75, 3.05) is 11.8 Å². The quantitative estimate of drug-likeness (QED) is 0.348. The van der Waals surface area contributed by atoms with Gasteiger partial charge in [0.2, 0.25) is 0 Å². The van der Waals surface area contributed by atoms with Gasteiger partial charge in [0.05, 0.1) is 18.4 Å². The number of nitrogens with one attached hydrogen (secondary N) is 1. The zero-order chi connectivity index (χ0) is 23.9. The molecule has 170 valence electrons. The van der Waals surface area contributed by atoms with Crippen LogP contribution in [0.4, 0.5) is 14.5 Å². The average Bonchev–Trinajstić information content (AvgIpc) is 3.19. The molecule has 0 radical (unpaired) electrons. The highest BCUT2D eigenvalue weighted by molar-refractivity contribution is 7.92. The largest absolute Gasteiger partial charge is 0.504 e. The SMILES string of the molecule is COc1cc(F)c(-c2cc3ccccc3s2)cc1NS(=O)(=O)c1cc(C(=O)O)cc(F)c1O. The third kappa shape index (κ3) is 4.20. The van der Waals surface area contributed by atoms with E-state index >= 15 is 0 Å². The Hall–Kier alpha value is -3.70. The summed E-state index contributed by atoms with van der Waals surface area (Å²) in [7, 11) is -3.49. The number of hydrogen-bond acceptors (Lipinski definition) is 6. The number of aromatic hydroxyl groups is 1. The maximum atomic E-state index is 14.8. The van der Waals surface area contributed by atoms with Gasteiger partial charge in [0, 0.05) is 21.2 Å². The van der Waals surface area contributed by atoms with Crippen LogP contribution in [0.15, 0.2) is 59.5 Å². The minimum Gasteiger partial charge on any atom is -0.504 e. The monoisotopic (exact) mass is 491 g/mol. The van der Waals surface area contributed by atoms with Gasteiger partial charge in [-0.05, 0) is 35.7 Å². The lowest BCUT2D eigenvalue weighted by molar-refractivity contribution is 0.0696. The van der Waals surface area contributed by atoms with Crippen molar-refractivity contribution in [3.8, 4) is 21.9 Å². The van der Waals surface area contributed by atoms with Crippen molar-refractivity contribution in [3.05, 3.63) is 71.8 Å². The van der Waals surface area contributed by atoms with Gasteiger partial charge >= 0.3 is 5.97 Å². The average molecular weight is 491 g/mol. The topological polar surface area (TPSA) is 113 Å². The number of phenols is 1. The van der Waals surface area contributed by atoms with Gasteiger partial charge in [0.1, 0.15) is 16.5 Å². The van der Waals surface area contributed by atoms with Gasteiger partial charge in [-0.25, -0.2) is 22.0 Å². The summed E-state index contributed by atoms with van der Waals surface area (Å²) in [5, 5.41) is 19.9. The number of carbonyl (C=O) groups is 1. The van der Waals surface area contributed by atoms with Gasteiger partial charge in [-0.2, -0.15) is 0 Å². The van der Waals surface area contributed by atoms with Gasteiger partial charge in [-0.15, -0.1) is 11.3 Å². The maximum absolute atomic E-state index is 14.8. The Balaban J connectivity index is 1.82. The minimum atomic E-state index is -4.69. The van der Waals surface area contributed by atoms with Crippen LogP contribution in [0.1, 0.15) is 10.4 Å². The van der Waals surface area contributed by atoms with Crippen LogP contribution in [0.25, 0.3) is 20.5 Å². The zero-order valence-electron chi connectivity index (χ0n) is 16.8. The fourth-order valence-corrected chi connectivity index (χ4v) is 5.48. The van der Waals surface area contributed by atoms with Crippen molar-refractivity contribution in [1.29, 1.82) is 0 Å². The summed E-state index contributed by atoms with van der Waals surface area (Å²) in [6, 6.07) is 12.5. The molecule has 33 heavy (non-hydrogen) atoms. The molecule has 11 heteroatoms. The highest BCUT2D eigenvalue weighted by atomic mass is 32.2. The number of phenolic OH excluding ortho intramolecular Hbond substituents is 1. The number of anilines is 1. The first-order valence-electron chi connectivity index (χ1n) is 9.26. The summed E-state index contributed by atoms with van der Waals surface area (Å²) in [5.74, 6) is -5.10. The van der Waals surface area contributed by atoms with Gasteiger partial charge in [0.25, 0.3) is 10.0 Å². The van der Waals surface area contributed by atoms with E-state index in [2.05, 4.69) is 4.72 Å². The molecule has 1 heterocycles. The van der Waals surface area contributed by atoms with Crippen LogP contribution in [0.2, 0.25) is 0 Å². The van der Waals surface area contributed by atoms with E-state index in [9.17, 15) is 27.1 Å². The van der Waals surface area contributed by atoms with E-state index in [4.69, 9.17) is 9.84 Å². The molecule has 0 fully saturated rings. The summed E-state index contributed by atoms with van der Waals surface area (Å²) in [4.78, 5) is 10.7. The number of carboxylic acid groups (broad SMARTS) is 1. The summed E-state index contributed by atoms with van der Waals surface area (Å²) >= 11 is 1.30. The van der Waals surface area contributed by atoms with E-state index in [1.54, 1.807) is 6.07 Å². The Morgan fingerprint density at radius 3 is 2.45 bits per heavy atom. The van der Waals surface area contributed by atoms with Crippen molar-refractivity contribution in [1.82, 2.24) is 0 Å². The number of carboxylic acids is 1. The van der Waals surface area contributed by atoms with E-state index in [1.807, 2.05) is 24.3 Å². The van der Waals surface area contributed by atoms with Crippen LogP contribution in [-0.4, -0.2) is 31.7 Å². The van der Waals surface area contributed by atoms with Gasteiger partial charge in [-0.1, -0.05) is 18.2 Å². The summed E-state index contributed by atoms with van der Waals surface area (Å²) in [6.45, 7) is 0. The molecule has 4 aromatic rings. The third-order valence-corrected chi connectivity index (χ3v) is 7.32. The van der Waals surface area contributed by atoms with Crippen molar-refractivity contribution < 1.29 is 36.9 Å². The Morgan fingerprint density at radius 2 is 1.79 bits per heavy atom. The molecule has 0 saturated carbocycles. The summed E-state index contributed by atoms with van der Waals surface area (Å²) in [6.07, 6.45) is 0. The molecule has 0 bridgehead atoms. The standard InChI is InChI=1S/C22H15F2NO6S2/c1-31-17-10-14(23)13(19-7-11-4-2-3-5-18(11)32-19)9-16(17)25-33(29,30)20-8-12(22(27)28)6-15(24)21(20)26/h2-10,25-26H,1H3,(H,27,28). The van der Waals surface area contributed by atoms with E-state index < -0.39 is 43.8 Å². The number of halogens is 2. The van der Waals surface area contributed by atoms with E-state index in [0.29, 0.717) is 17.0 Å². The molecule has 0 spiro atoms. The second-order valence-corrected chi connectivity index (χ2v) is 9.63. The Bertz CT molecular complexity index is 1480. The van der Waals surface area contributed by atoms with E-state index in [0.717, 1.165) is 16.2 Å². The van der Waals surface area contributed by atoms with E-state index in [1.165, 1.54) is 24.5 Å². The van der Waals surface area contributed by atoms with Gasteiger partial charge in [0.15, 0.2) is 11.6 Å². The molecule has 0 unspecified atom stereocenters. The van der Waals surface area contributed by atoms with Crippen molar-refractivity contribution >= 4 is 43.1 Å². The number of benzene rings is 3. The number of rotatable bonds is 6. The summed E-state index contributed by atoms with van der Waals surface area (Å²) < 4.78 is 62.7. The second kappa shape index (κ2) is 8.34. The Kier molecular flexibility index (Phi) is 5.68. The maximum Gasteiger partial charge on any atom is 0.335 e. The first-order chi connectivity index (χ1) is 15.6. The molecule has 0 aliphatic carbocycles. The van der Waals surface area contributed by atoms with Gasteiger partial charge < -0.3 is 14.9 Å². The Morgan fingerprint density at radius 1 is 1.06 bits per heavy atom. The molecule has 1 aromatic heterocycles. The van der Waals surface area contributed by atoms with Crippen LogP contribution in [0.3, 0.4) is 0 Å². The van der Waals surface area contributed by atoms with Crippen LogP contribution >= 0.6 is 11.3 Å². The predicted octanol–water partition coefficient (Wildman–Crippen LogP) is 5.06. The fraction of sp³-hybridized carbons (Fsp3) is 0.0455. The van der Waals surface area contributed by atoms with Crippen LogP contribution < -0.4 is 9.46 Å². The number of aromatic carboxylic acids is 1. The normalized spacial score (nSPS) is 11.5. The molecule has 7 nitrogen and oxygen atoms in total. The summed E-state index contributed by atoms with van der Waals surface area (Å²) in [5.41, 5.74) is -0.779. The number of ether oxygens (including phenoxy) is 1. The smallest absolute Gasteiger partial charge is 0.335 e. The lowest BCUT2D eigenvalue weighted by Crippen LogP contribution is -2.15. The first-order valence-corrected chi connectivity index (χ1v) is 11.6. The number of fused-ring (bicyclic) bond motifs is 1. The highest BCUT2D eigenvalue weighted by Crippen LogP contribution is 2.40. The lowest BCUT2D eigenvalue weighted by atomic mass is 10.1. The molecule has 0 atom stereocenters. The zero-order valence-corrected chi connectivity index (χ0v) is 18.4. The molecule has 0 amide bonds. The minimum absolute atomic E-state index is 0.0874. The Labute approximate surface area is 190 Å². The van der Waals surface area contributed by atoms with E-state index in [-0.39, 0.29) is 17.0 Å².